The van der Waals surface area contributed by atoms with Crippen LogP contribution in [0.15, 0.2) is 71.6 Å². The SMILES string of the molecule is CC[C@H](C(=O)NC(C)C)N(Cc1ccccc1C)C(=O)CN(c1ccc(OC)c(Cl)c1)S(=O)(=O)c1ccc(C)cc1. The van der Waals surface area contributed by atoms with Crippen molar-refractivity contribution in [2.75, 3.05) is 18.0 Å². The Morgan fingerprint density at radius 2 is 1.66 bits per heavy atom. The molecule has 3 aromatic carbocycles. The van der Waals surface area contributed by atoms with Gasteiger partial charge in [-0.25, -0.2) is 8.42 Å². The number of benzene rings is 3. The molecule has 0 spiro atoms. The smallest absolute Gasteiger partial charge is 0.264 e. The lowest BCUT2D eigenvalue weighted by molar-refractivity contribution is -0.140. The highest BCUT2D eigenvalue weighted by atomic mass is 35.5. The first-order chi connectivity index (χ1) is 19.4. The predicted molar refractivity (Wildman–Crippen MR) is 163 cm³/mol. The minimum atomic E-state index is -4.20. The number of amides is 2. The second-order valence-electron chi connectivity index (χ2n) is 10.2. The number of halogens is 1. The van der Waals surface area contributed by atoms with Crippen molar-refractivity contribution in [3.8, 4) is 5.75 Å². The van der Waals surface area contributed by atoms with E-state index in [2.05, 4.69) is 5.32 Å². The van der Waals surface area contributed by atoms with Crippen molar-refractivity contribution in [3.05, 3.63) is 88.4 Å². The largest absolute Gasteiger partial charge is 0.495 e. The summed E-state index contributed by atoms with van der Waals surface area (Å²) in [5.74, 6) is -0.460. The Bertz CT molecular complexity index is 1480. The number of rotatable bonds is 12. The molecule has 10 heteroatoms. The van der Waals surface area contributed by atoms with E-state index >= 15 is 0 Å². The maximum absolute atomic E-state index is 14.2. The fourth-order valence-electron chi connectivity index (χ4n) is 4.45. The van der Waals surface area contributed by atoms with Crippen LogP contribution in [0.3, 0.4) is 0 Å². The second kappa shape index (κ2) is 13.9. The highest BCUT2D eigenvalue weighted by Crippen LogP contribution is 2.32. The maximum atomic E-state index is 14.2. The number of hydrogen-bond acceptors (Lipinski definition) is 5. The van der Waals surface area contributed by atoms with E-state index in [4.69, 9.17) is 16.3 Å². The molecule has 0 radical (unpaired) electrons. The molecule has 0 aromatic heterocycles. The standard InChI is InChI=1S/C31H38ClN3O5S/c1-7-28(31(37)33-21(2)3)34(19-24-11-9-8-10-23(24)5)30(36)20-35(25-14-17-29(40-6)27(32)18-25)41(38,39)26-15-12-22(4)13-16-26/h8-18,21,28H,7,19-20H2,1-6H3,(H,33,37)/t28-/m1/s1. The van der Waals surface area contributed by atoms with Crippen molar-refractivity contribution < 1.29 is 22.7 Å². The van der Waals surface area contributed by atoms with Gasteiger partial charge in [0.25, 0.3) is 10.0 Å². The van der Waals surface area contributed by atoms with Crippen LogP contribution in [-0.4, -0.2) is 50.9 Å². The van der Waals surface area contributed by atoms with Crippen LogP contribution in [0.1, 0.15) is 43.9 Å². The summed E-state index contributed by atoms with van der Waals surface area (Å²) < 4.78 is 34.3. The van der Waals surface area contributed by atoms with Gasteiger partial charge in [0.1, 0.15) is 18.3 Å². The van der Waals surface area contributed by atoms with Gasteiger partial charge in [0.2, 0.25) is 11.8 Å². The van der Waals surface area contributed by atoms with Crippen LogP contribution in [0.25, 0.3) is 0 Å². The van der Waals surface area contributed by atoms with Gasteiger partial charge in [-0.1, -0.05) is 60.5 Å². The highest BCUT2D eigenvalue weighted by molar-refractivity contribution is 7.92. The van der Waals surface area contributed by atoms with Gasteiger partial charge in [-0.2, -0.15) is 0 Å². The summed E-state index contributed by atoms with van der Waals surface area (Å²) in [6, 6.07) is 17.6. The number of aryl methyl sites for hydroxylation is 2. The number of sulfonamides is 1. The van der Waals surface area contributed by atoms with Gasteiger partial charge in [-0.05, 0) is 75.6 Å². The topological polar surface area (TPSA) is 96.0 Å². The Morgan fingerprint density at radius 1 is 1.00 bits per heavy atom. The Balaban J connectivity index is 2.11. The lowest BCUT2D eigenvalue weighted by atomic mass is 10.1. The lowest BCUT2D eigenvalue weighted by Crippen LogP contribution is -2.53. The van der Waals surface area contributed by atoms with Crippen LogP contribution in [0.5, 0.6) is 5.75 Å². The molecule has 2 amide bonds. The summed E-state index contributed by atoms with van der Waals surface area (Å²) in [7, 11) is -2.74. The molecule has 1 atom stereocenters. The number of hydrogen-bond donors (Lipinski definition) is 1. The lowest BCUT2D eigenvalue weighted by Gasteiger charge is -2.34. The van der Waals surface area contributed by atoms with E-state index in [-0.39, 0.29) is 34.1 Å². The van der Waals surface area contributed by atoms with Crippen LogP contribution >= 0.6 is 11.6 Å². The average Bonchev–Trinajstić information content (AvgIpc) is 2.92. The van der Waals surface area contributed by atoms with E-state index in [0.717, 1.165) is 21.0 Å². The Hall–Kier alpha value is -3.56. The average molecular weight is 600 g/mol. The number of nitrogens with zero attached hydrogens (tertiary/aromatic N) is 2. The Labute approximate surface area is 248 Å². The van der Waals surface area contributed by atoms with Crippen molar-refractivity contribution in [3.63, 3.8) is 0 Å². The van der Waals surface area contributed by atoms with Crippen LogP contribution < -0.4 is 14.4 Å². The molecule has 0 aliphatic carbocycles. The Kier molecular flexibility index (Phi) is 10.8. The van der Waals surface area contributed by atoms with Gasteiger partial charge in [0.05, 0.1) is 22.7 Å². The van der Waals surface area contributed by atoms with Gasteiger partial charge >= 0.3 is 0 Å². The molecular weight excluding hydrogens is 562 g/mol. The zero-order valence-electron chi connectivity index (χ0n) is 24.3. The van der Waals surface area contributed by atoms with Crippen molar-refractivity contribution in [1.82, 2.24) is 10.2 Å². The molecular formula is C31H38ClN3O5S. The molecule has 0 saturated carbocycles. The van der Waals surface area contributed by atoms with Crippen molar-refractivity contribution >= 4 is 39.1 Å². The summed E-state index contributed by atoms with van der Waals surface area (Å²) in [5.41, 5.74) is 2.90. The second-order valence-corrected chi connectivity index (χ2v) is 12.4. The minimum absolute atomic E-state index is 0.0258. The third-order valence-electron chi connectivity index (χ3n) is 6.73. The summed E-state index contributed by atoms with van der Waals surface area (Å²) in [4.78, 5) is 28.9. The number of methoxy groups -OCH3 is 1. The zero-order valence-corrected chi connectivity index (χ0v) is 25.9. The molecule has 0 aliphatic heterocycles. The van der Waals surface area contributed by atoms with Gasteiger partial charge in [0.15, 0.2) is 0 Å². The van der Waals surface area contributed by atoms with Crippen molar-refractivity contribution in [2.24, 2.45) is 0 Å². The van der Waals surface area contributed by atoms with Crippen LogP contribution in [0.2, 0.25) is 5.02 Å². The summed E-state index contributed by atoms with van der Waals surface area (Å²) in [6.07, 6.45) is 0.343. The van der Waals surface area contributed by atoms with E-state index in [0.29, 0.717) is 12.2 Å². The molecule has 1 N–H and O–H groups in total. The molecule has 41 heavy (non-hydrogen) atoms. The molecule has 0 unspecified atom stereocenters. The number of carbonyl (C=O) groups excluding carboxylic acids is 2. The number of carbonyl (C=O) groups is 2. The van der Waals surface area contributed by atoms with Gasteiger partial charge in [0, 0.05) is 12.6 Å². The normalized spacial score (nSPS) is 12.1. The quantitative estimate of drug-likeness (QED) is 0.297. The molecule has 0 bridgehead atoms. The van der Waals surface area contributed by atoms with E-state index in [1.165, 1.54) is 36.3 Å². The summed E-state index contributed by atoms with van der Waals surface area (Å²) in [5, 5.41) is 3.10. The number of ether oxygens (including phenoxy) is 1. The molecule has 3 rings (SSSR count). The van der Waals surface area contributed by atoms with E-state index in [1.54, 1.807) is 18.2 Å². The molecule has 3 aromatic rings. The molecule has 0 aliphatic rings. The van der Waals surface area contributed by atoms with Gasteiger partial charge < -0.3 is 15.0 Å². The third-order valence-corrected chi connectivity index (χ3v) is 8.81. The molecule has 0 fully saturated rings. The maximum Gasteiger partial charge on any atom is 0.264 e. The molecule has 220 valence electrons. The zero-order chi connectivity index (χ0) is 30.3. The third kappa shape index (κ3) is 7.80. The van der Waals surface area contributed by atoms with Crippen molar-refractivity contribution in [2.45, 2.75) is 64.6 Å². The first-order valence-electron chi connectivity index (χ1n) is 13.5. The van der Waals surface area contributed by atoms with E-state index in [1.807, 2.05) is 58.9 Å². The highest BCUT2D eigenvalue weighted by Gasteiger charge is 2.34. The van der Waals surface area contributed by atoms with E-state index < -0.39 is 28.5 Å². The van der Waals surface area contributed by atoms with Gasteiger partial charge in [-0.3, -0.25) is 13.9 Å². The number of anilines is 1. The molecule has 8 nitrogen and oxygen atoms in total. The first kappa shape index (κ1) is 32.0. The van der Waals surface area contributed by atoms with Crippen LogP contribution in [0, 0.1) is 13.8 Å². The summed E-state index contributed by atoms with van der Waals surface area (Å²) in [6.45, 7) is 8.90. The van der Waals surface area contributed by atoms with E-state index in [9.17, 15) is 18.0 Å². The monoisotopic (exact) mass is 599 g/mol. The predicted octanol–water partition coefficient (Wildman–Crippen LogP) is 5.49. The van der Waals surface area contributed by atoms with Crippen LogP contribution in [0.4, 0.5) is 5.69 Å². The molecule has 0 heterocycles. The summed E-state index contributed by atoms with van der Waals surface area (Å²) >= 11 is 6.38. The number of nitrogens with one attached hydrogen (secondary N) is 1. The first-order valence-corrected chi connectivity index (χ1v) is 15.3. The fraction of sp³-hybridized carbons (Fsp3) is 0.355. The van der Waals surface area contributed by atoms with Gasteiger partial charge in [-0.15, -0.1) is 0 Å². The minimum Gasteiger partial charge on any atom is -0.495 e. The van der Waals surface area contributed by atoms with Crippen LogP contribution in [-0.2, 0) is 26.2 Å². The van der Waals surface area contributed by atoms with Crippen molar-refractivity contribution in [1.29, 1.82) is 0 Å². The Morgan fingerprint density at radius 3 is 2.22 bits per heavy atom. The molecule has 0 saturated heterocycles. The fourth-order valence-corrected chi connectivity index (χ4v) is 6.11.